The SMILES string of the molecule is CCCCCCCCOC(=O)NC(CNC(=O)C1CCN(c2cccc(NC3=NCCCN3)c2)CC1)C(=O)O. The van der Waals surface area contributed by atoms with E-state index in [0.717, 1.165) is 56.1 Å². The number of carbonyl (C=O) groups excluding carboxylic acids is 2. The molecule has 0 spiro atoms. The maximum atomic E-state index is 12.8. The molecule has 11 heteroatoms. The van der Waals surface area contributed by atoms with E-state index in [2.05, 4.69) is 50.2 Å². The summed E-state index contributed by atoms with van der Waals surface area (Å²) in [5.74, 6) is -0.837. The Labute approximate surface area is 231 Å². The van der Waals surface area contributed by atoms with Gasteiger partial charge in [-0.3, -0.25) is 9.79 Å². The third-order valence-corrected chi connectivity index (χ3v) is 7.04. The average Bonchev–Trinajstić information content (AvgIpc) is 2.95. The quantitative estimate of drug-likeness (QED) is 0.224. The molecule has 11 nitrogen and oxygen atoms in total. The van der Waals surface area contributed by atoms with E-state index in [1.807, 2.05) is 12.1 Å². The minimum atomic E-state index is -1.25. The van der Waals surface area contributed by atoms with E-state index in [1.54, 1.807) is 0 Å². The van der Waals surface area contributed by atoms with Crippen LogP contribution < -0.4 is 26.2 Å². The summed E-state index contributed by atoms with van der Waals surface area (Å²) in [4.78, 5) is 43.1. The molecular formula is C28H44N6O5. The molecule has 1 fully saturated rings. The fourth-order valence-corrected chi connectivity index (χ4v) is 4.71. The first-order valence-corrected chi connectivity index (χ1v) is 14.3. The zero-order valence-corrected chi connectivity index (χ0v) is 23.0. The largest absolute Gasteiger partial charge is 0.480 e. The standard InChI is InChI=1S/C28H44N6O5/c1-2-3-4-5-6-7-18-39-28(38)33-24(26(36)37)20-31-25(35)21-12-16-34(17-13-21)23-11-8-10-22(19-23)32-27-29-14-9-15-30-27/h8,10-11,19,21,24H,2-7,9,12-18,20H2,1H3,(H,31,35)(H,33,38)(H,36,37)(H2,29,30,32). The van der Waals surface area contributed by atoms with E-state index >= 15 is 0 Å². The van der Waals surface area contributed by atoms with Crippen molar-refractivity contribution in [3.05, 3.63) is 24.3 Å². The Bertz CT molecular complexity index is 964. The first-order chi connectivity index (χ1) is 19.0. The minimum absolute atomic E-state index is 0.188. The molecule has 39 heavy (non-hydrogen) atoms. The van der Waals surface area contributed by atoms with E-state index in [1.165, 1.54) is 19.3 Å². The van der Waals surface area contributed by atoms with E-state index in [0.29, 0.717) is 25.9 Å². The summed E-state index contributed by atoms with van der Waals surface area (Å²) in [6, 6.07) is 6.88. The molecule has 2 aliphatic heterocycles. The van der Waals surface area contributed by atoms with Gasteiger partial charge in [-0.25, -0.2) is 9.59 Å². The van der Waals surface area contributed by atoms with Crippen molar-refractivity contribution in [2.75, 3.05) is 49.5 Å². The van der Waals surface area contributed by atoms with Crippen LogP contribution in [-0.2, 0) is 14.3 Å². The number of guanidine groups is 1. The van der Waals surface area contributed by atoms with Crippen LogP contribution in [0.4, 0.5) is 16.2 Å². The number of anilines is 2. The summed E-state index contributed by atoms with van der Waals surface area (Å²) in [5.41, 5.74) is 2.03. The number of hydrogen-bond acceptors (Lipinski definition) is 8. The van der Waals surface area contributed by atoms with Gasteiger partial charge >= 0.3 is 12.1 Å². The second-order valence-electron chi connectivity index (χ2n) is 10.1. The number of aliphatic carboxylic acids is 1. The van der Waals surface area contributed by atoms with Crippen molar-refractivity contribution in [3.8, 4) is 0 Å². The topological polar surface area (TPSA) is 144 Å². The van der Waals surface area contributed by atoms with Gasteiger partial charge in [-0.15, -0.1) is 0 Å². The van der Waals surface area contributed by atoms with Crippen LogP contribution in [0.15, 0.2) is 29.3 Å². The Balaban J connectivity index is 1.37. The number of hydrogen-bond donors (Lipinski definition) is 5. The highest BCUT2D eigenvalue weighted by Gasteiger charge is 2.27. The van der Waals surface area contributed by atoms with Crippen LogP contribution in [0.5, 0.6) is 0 Å². The van der Waals surface area contributed by atoms with Gasteiger partial charge in [-0.05, 0) is 43.9 Å². The molecule has 2 aliphatic rings. The molecule has 1 unspecified atom stereocenters. The maximum Gasteiger partial charge on any atom is 0.407 e. The van der Waals surface area contributed by atoms with Crippen molar-refractivity contribution in [1.82, 2.24) is 16.0 Å². The smallest absolute Gasteiger partial charge is 0.407 e. The molecule has 1 saturated heterocycles. The molecule has 0 radical (unpaired) electrons. The fourth-order valence-electron chi connectivity index (χ4n) is 4.71. The normalized spacial score (nSPS) is 16.4. The number of rotatable bonds is 14. The fraction of sp³-hybridized carbons (Fsp3) is 0.643. The maximum absolute atomic E-state index is 12.8. The van der Waals surface area contributed by atoms with Crippen molar-refractivity contribution in [2.45, 2.75) is 70.8 Å². The van der Waals surface area contributed by atoms with Crippen molar-refractivity contribution in [2.24, 2.45) is 10.9 Å². The number of carbonyl (C=O) groups is 3. The average molecular weight is 545 g/mol. The lowest BCUT2D eigenvalue weighted by atomic mass is 9.95. The van der Waals surface area contributed by atoms with Crippen LogP contribution in [0.3, 0.4) is 0 Å². The molecule has 0 saturated carbocycles. The van der Waals surface area contributed by atoms with Crippen molar-refractivity contribution >= 4 is 35.3 Å². The first-order valence-electron chi connectivity index (χ1n) is 14.3. The number of nitrogens with zero attached hydrogens (tertiary/aromatic N) is 2. The van der Waals surface area contributed by atoms with E-state index in [9.17, 15) is 19.5 Å². The van der Waals surface area contributed by atoms with Crippen LogP contribution in [-0.4, -0.2) is 74.4 Å². The van der Waals surface area contributed by atoms with Crippen LogP contribution in [0.2, 0.25) is 0 Å². The Morgan fingerprint density at radius 2 is 1.92 bits per heavy atom. The number of unbranched alkanes of at least 4 members (excludes halogenated alkanes) is 5. The highest BCUT2D eigenvalue weighted by Crippen LogP contribution is 2.25. The molecule has 1 aromatic rings. The summed E-state index contributed by atoms with van der Waals surface area (Å²) in [6.45, 7) is 5.37. The third kappa shape index (κ3) is 10.6. The zero-order valence-electron chi connectivity index (χ0n) is 23.0. The highest BCUT2D eigenvalue weighted by atomic mass is 16.5. The Morgan fingerprint density at radius 1 is 1.15 bits per heavy atom. The molecule has 1 aromatic carbocycles. The van der Waals surface area contributed by atoms with Gasteiger partial charge in [0.1, 0.15) is 6.04 Å². The number of amides is 2. The molecule has 5 N–H and O–H groups in total. The summed E-state index contributed by atoms with van der Waals surface area (Å²) in [7, 11) is 0. The second-order valence-corrected chi connectivity index (χ2v) is 10.1. The van der Waals surface area contributed by atoms with Gasteiger partial charge in [-0.2, -0.15) is 0 Å². The zero-order chi connectivity index (χ0) is 27.9. The molecule has 1 atom stereocenters. The van der Waals surface area contributed by atoms with Crippen molar-refractivity contribution in [3.63, 3.8) is 0 Å². The predicted octanol–water partition coefficient (Wildman–Crippen LogP) is 3.32. The van der Waals surface area contributed by atoms with Crippen molar-refractivity contribution in [1.29, 1.82) is 0 Å². The molecule has 3 rings (SSSR count). The molecule has 2 amide bonds. The summed E-state index contributed by atoms with van der Waals surface area (Å²) in [5, 5.41) is 21.1. The lowest BCUT2D eigenvalue weighted by Gasteiger charge is -2.33. The first kappa shape index (κ1) is 30.0. The van der Waals surface area contributed by atoms with Gasteiger partial charge in [-0.1, -0.05) is 45.1 Å². The predicted molar refractivity (Wildman–Crippen MR) is 152 cm³/mol. The number of piperidine rings is 1. The summed E-state index contributed by atoms with van der Waals surface area (Å²) < 4.78 is 5.11. The van der Waals surface area contributed by atoms with Gasteiger partial charge in [0.2, 0.25) is 5.91 Å². The summed E-state index contributed by atoms with van der Waals surface area (Å²) in [6.07, 6.45) is 7.93. The van der Waals surface area contributed by atoms with Crippen LogP contribution in [0.25, 0.3) is 0 Å². The number of alkyl carbamates (subject to hydrolysis) is 1. The third-order valence-electron chi connectivity index (χ3n) is 7.04. The van der Waals surface area contributed by atoms with Crippen LogP contribution in [0.1, 0.15) is 64.7 Å². The molecule has 0 aliphatic carbocycles. The minimum Gasteiger partial charge on any atom is -0.480 e. The van der Waals surface area contributed by atoms with E-state index < -0.39 is 18.1 Å². The number of aliphatic imine (C=N–C) groups is 1. The molecule has 216 valence electrons. The van der Waals surface area contributed by atoms with Crippen molar-refractivity contribution < 1.29 is 24.2 Å². The van der Waals surface area contributed by atoms with Gasteiger partial charge in [0.15, 0.2) is 5.96 Å². The molecule has 0 bridgehead atoms. The second kappa shape index (κ2) is 16.5. The molecular weight excluding hydrogens is 500 g/mol. The number of carboxylic acid groups (broad SMARTS) is 1. The van der Waals surface area contributed by atoms with E-state index in [4.69, 9.17) is 4.74 Å². The van der Waals surface area contributed by atoms with E-state index in [-0.39, 0.29) is 25.0 Å². The molecule has 0 aromatic heterocycles. The monoisotopic (exact) mass is 544 g/mol. The lowest BCUT2D eigenvalue weighted by molar-refractivity contribution is -0.139. The van der Waals surface area contributed by atoms with Gasteiger partial charge in [0, 0.05) is 50.0 Å². The van der Waals surface area contributed by atoms with Gasteiger partial charge in [0.05, 0.1) is 6.61 Å². The van der Waals surface area contributed by atoms with Gasteiger partial charge < -0.3 is 36.0 Å². The molecule has 2 heterocycles. The van der Waals surface area contributed by atoms with Crippen LogP contribution >= 0.6 is 0 Å². The summed E-state index contributed by atoms with van der Waals surface area (Å²) >= 11 is 0. The highest BCUT2D eigenvalue weighted by molar-refractivity contribution is 5.94. The Kier molecular flexibility index (Phi) is 12.7. The lowest BCUT2D eigenvalue weighted by Crippen LogP contribution is -2.50. The number of carboxylic acids is 1. The van der Waals surface area contributed by atoms with Crippen LogP contribution in [0, 0.1) is 5.92 Å². The van der Waals surface area contributed by atoms with Gasteiger partial charge in [0.25, 0.3) is 0 Å². The Hall–Kier alpha value is -3.50. The Morgan fingerprint density at radius 3 is 2.64 bits per heavy atom. The number of ether oxygens (including phenoxy) is 1. The number of nitrogens with one attached hydrogen (secondary N) is 4. The number of benzene rings is 1.